The highest BCUT2D eigenvalue weighted by Crippen LogP contribution is 2.30. The minimum atomic E-state index is -0.620. The number of amides is 1. The molecule has 0 aliphatic heterocycles. The maximum absolute atomic E-state index is 12.5. The maximum Gasteiger partial charge on any atom is 0.343 e. The smallest absolute Gasteiger partial charge is 0.343 e. The molecule has 0 aliphatic rings. The first-order valence-electron chi connectivity index (χ1n) is 8.61. The summed E-state index contributed by atoms with van der Waals surface area (Å²) in [6.07, 6.45) is -0.122. The summed E-state index contributed by atoms with van der Waals surface area (Å²) >= 11 is 0. The zero-order valence-electron chi connectivity index (χ0n) is 15.4. The molecular weight excluding hydrogens is 370 g/mol. The van der Waals surface area contributed by atoms with E-state index in [1.165, 1.54) is 12.1 Å². The second-order valence-corrected chi connectivity index (χ2v) is 6.42. The molecule has 0 bridgehead atoms. The van der Waals surface area contributed by atoms with E-state index in [2.05, 4.69) is 0 Å². The highest BCUT2D eigenvalue weighted by molar-refractivity contribution is 6.01. The molecule has 0 saturated heterocycles. The summed E-state index contributed by atoms with van der Waals surface area (Å²) in [4.78, 5) is 24.1. The highest BCUT2D eigenvalue weighted by Gasteiger charge is 2.16. The van der Waals surface area contributed by atoms with Gasteiger partial charge < -0.3 is 21.9 Å². The molecule has 3 aromatic rings. The van der Waals surface area contributed by atoms with E-state index in [9.17, 15) is 9.59 Å². The van der Waals surface area contributed by atoms with E-state index in [0.29, 0.717) is 22.1 Å². The largest absolute Gasteiger partial charge is 0.423 e. The third-order valence-corrected chi connectivity index (χ3v) is 4.38. The van der Waals surface area contributed by atoms with Gasteiger partial charge in [-0.3, -0.25) is 15.6 Å². The lowest BCUT2D eigenvalue weighted by molar-refractivity contribution is -0.117. The summed E-state index contributed by atoms with van der Waals surface area (Å²) in [5, 5.41) is 16.4. The molecule has 0 heterocycles. The Morgan fingerprint density at radius 3 is 1.97 bits per heavy atom. The quantitative estimate of drug-likeness (QED) is 0.186. The van der Waals surface area contributed by atoms with Gasteiger partial charge in [-0.1, -0.05) is 30.3 Å². The second kappa shape index (κ2) is 7.81. The van der Waals surface area contributed by atoms with Gasteiger partial charge in [-0.05, 0) is 35.0 Å². The van der Waals surface area contributed by atoms with Crippen molar-refractivity contribution in [1.29, 1.82) is 10.8 Å². The van der Waals surface area contributed by atoms with Crippen LogP contribution in [0.25, 0.3) is 10.8 Å². The van der Waals surface area contributed by atoms with Crippen molar-refractivity contribution in [2.45, 2.75) is 6.42 Å². The number of primary amides is 1. The Morgan fingerprint density at radius 1 is 0.793 bits per heavy atom. The Labute approximate surface area is 166 Å². The van der Waals surface area contributed by atoms with Crippen LogP contribution in [0.4, 0.5) is 0 Å². The number of benzene rings is 3. The van der Waals surface area contributed by atoms with Crippen LogP contribution in [0, 0.1) is 10.8 Å². The number of rotatable bonds is 6. The van der Waals surface area contributed by atoms with Gasteiger partial charge in [0.2, 0.25) is 5.91 Å². The predicted molar refractivity (Wildman–Crippen MR) is 110 cm³/mol. The van der Waals surface area contributed by atoms with Gasteiger partial charge in [0.05, 0.1) is 12.0 Å². The summed E-state index contributed by atoms with van der Waals surface area (Å²) in [7, 11) is 0. The molecule has 3 rings (SSSR count). The molecule has 0 saturated carbocycles. The van der Waals surface area contributed by atoms with Crippen LogP contribution in [-0.2, 0) is 11.2 Å². The summed E-state index contributed by atoms with van der Waals surface area (Å²) in [5.74, 6) is -1.16. The molecule has 0 aromatic heterocycles. The molecule has 8 N–H and O–H groups in total. The monoisotopic (exact) mass is 389 g/mol. The second-order valence-electron chi connectivity index (χ2n) is 6.42. The van der Waals surface area contributed by atoms with Gasteiger partial charge >= 0.3 is 5.97 Å². The van der Waals surface area contributed by atoms with Crippen molar-refractivity contribution in [2.75, 3.05) is 0 Å². The number of nitrogen functional groups attached to an aromatic ring is 2. The van der Waals surface area contributed by atoms with Crippen molar-refractivity contribution in [3.05, 3.63) is 76.9 Å². The summed E-state index contributed by atoms with van der Waals surface area (Å²) in [6.45, 7) is 0. The summed E-state index contributed by atoms with van der Waals surface area (Å²) in [5.41, 5.74) is 18.1. The van der Waals surface area contributed by atoms with Gasteiger partial charge in [0.1, 0.15) is 17.4 Å². The number of esters is 1. The average Bonchev–Trinajstić information content (AvgIpc) is 2.68. The zero-order valence-corrected chi connectivity index (χ0v) is 15.4. The van der Waals surface area contributed by atoms with E-state index >= 15 is 0 Å². The fourth-order valence-corrected chi connectivity index (χ4v) is 2.94. The number of carbonyl (C=O) groups excluding carboxylic acids is 2. The molecule has 29 heavy (non-hydrogen) atoms. The lowest BCUT2D eigenvalue weighted by Gasteiger charge is -2.13. The van der Waals surface area contributed by atoms with Crippen molar-refractivity contribution in [3.8, 4) is 5.75 Å². The number of hydrogen-bond donors (Lipinski definition) is 5. The summed E-state index contributed by atoms with van der Waals surface area (Å²) < 4.78 is 5.52. The van der Waals surface area contributed by atoms with Crippen LogP contribution >= 0.6 is 0 Å². The third-order valence-electron chi connectivity index (χ3n) is 4.38. The number of fused-ring (bicyclic) bond motifs is 1. The van der Waals surface area contributed by atoms with Crippen molar-refractivity contribution in [2.24, 2.45) is 17.2 Å². The first-order chi connectivity index (χ1) is 13.8. The molecule has 0 aliphatic carbocycles. The molecule has 0 spiro atoms. The van der Waals surface area contributed by atoms with E-state index in [1.807, 2.05) is 0 Å². The Balaban J connectivity index is 2.00. The molecule has 0 atom stereocenters. The first kappa shape index (κ1) is 19.6. The Hall–Kier alpha value is -4.20. The predicted octanol–water partition coefficient (Wildman–Crippen LogP) is 1.65. The van der Waals surface area contributed by atoms with E-state index in [0.717, 1.165) is 5.39 Å². The van der Waals surface area contributed by atoms with E-state index < -0.39 is 11.9 Å². The van der Waals surface area contributed by atoms with Crippen LogP contribution in [0.15, 0.2) is 54.6 Å². The van der Waals surface area contributed by atoms with Crippen LogP contribution in [0.5, 0.6) is 5.75 Å². The van der Waals surface area contributed by atoms with Crippen LogP contribution in [0.1, 0.15) is 27.0 Å². The minimum Gasteiger partial charge on any atom is -0.423 e. The lowest BCUT2D eigenvalue weighted by atomic mass is 9.98. The average molecular weight is 389 g/mol. The van der Waals surface area contributed by atoms with Gasteiger partial charge in [0, 0.05) is 16.7 Å². The molecule has 0 fully saturated rings. The van der Waals surface area contributed by atoms with Crippen LogP contribution < -0.4 is 21.9 Å². The highest BCUT2D eigenvalue weighted by atomic mass is 16.5. The Morgan fingerprint density at radius 2 is 1.38 bits per heavy atom. The molecular formula is C21H19N5O3. The minimum absolute atomic E-state index is 0.0761. The standard InChI is InChI=1S/C21H19N5O3/c22-18(27)10-16-15-7-5-14(20(25)26)9-13(15)6-8-17(16)29-21(28)12-3-1-11(2-4-12)19(23)24/h1-9H,10H2,(H2,22,27)(H3,23,24)(H3,25,26). The molecule has 0 unspecified atom stereocenters. The van der Waals surface area contributed by atoms with E-state index in [1.54, 1.807) is 42.5 Å². The van der Waals surface area contributed by atoms with Crippen LogP contribution in [-0.4, -0.2) is 23.5 Å². The Kier molecular flexibility index (Phi) is 5.27. The Bertz CT molecular complexity index is 1150. The number of ether oxygens (including phenoxy) is 1. The molecule has 0 radical (unpaired) electrons. The van der Waals surface area contributed by atoms with Gasteiger partial charge in [-0.2, -0.15) is 0 Å². The van der Waals surface area contributed by atoms with Gasteiger partial charge in [-0.25, -0.2) is 4.79 Å². The van der Waals surface area contributed by atoms with Gasteiger partial charge in [-0.15, -0.1) is 0 Å². The number of carbonyl (C=O) groups is 2. The fraction of sp³-hybridized carbons (Fsp3) is 0.0476. The lowest BCUT2D eigenvalue weighted by Crippen LogP contribution is -2.17. The number of nitrogens with one attached hydrogen (secondary N) is 2. The van der Waals surface area contributed by atoms with Gasteiger partial charge in [0.15, 0.2) is 0 Å². The van der Waals surface area contributed by atoms with Crippen molar-refractivity contribution in [1.82, 2.24) is 0 Å². The van der Waals surface area contributed by atoms with Crippen molar-refractivity contribution in [3.63, 3.8) is 0 Å². The molecule has 146 valence electrons. The molecule has 8 heteroatoms. The van der Waals surface area contributed by atoms with Crippen LogP contribution in [0.3, 0.4) is 0 Å². The molecule has 8 nitrogen and oxygen atoms in total. The number of hydrogen-bond acceptors (Lipinski definition) is 5. The maximum atomic E-state index is 12.5. The zero-order chi connectivity index (χ0) is 21.1. The van der Waals surface area contributed by atoms with E-state index in [4.69, 9.17) is 32.8 Å². The fourth-order valence-electron chi connectivity index (χ4n) is 2.94. The number of amidine groups is 2. The molecule has 3 aromatic carbocycles. The van der Waals surface area contributed by atoms with E-state index in [-0.39, 0.29) is 29.4 Å². The van der Waals surface area contributed by atoms with Gasteiger partial charge in [0.25, 0.3) is 0 Å². The van der Waals surface area contributed by atoms with Crippen molar-refractivity contribution >= 4 is 34.3 Å². The summed E-state index contributed by atoms with van der Waals surface area (Å²) in [6, 6.07) is 14.5. The normalized spacial score (nSPS) is 10.5. The van der Waals surface area contributed by atoms with Crippen molar-refractivity contribution < 1.29 is 14.3 Å². The first-order valence-corrected chi connectivity index (χ1v) is 8.61. The third kappa shape index (κ3) is 4.22. The van der Waals surface area contributed by atoms with Crippen LogP contribution in [0.2, 0.25) is 0 Å². The topological polar surface area (TPSA) is 169 Å². The number of nitrogens with two attached hydrogens (primary N) is 3. The SMILES string of the molecule is N=C(N)c1ccc(C(=O)Oc2ccc3cc(C(=N)N)ccc3c2CC(N)=O)cc1. The molecule has 1 amide bonds.